The number of para-hydroxylation sites is 1. The van der Waals surface area contributed by atoms with Crippen molar-refractivity contribution in [1.29, 1.82) is 0 Å². The van der Waals surface area contributed by atoms with Gasteiger partial charge in [-0.05, 0) is 52.4 Å². The summed E-state index contributed by atoms with van der Waals surface area (Å²) >= 11 is 0. The Labute approximate surface area is 147 Å². The molecule has 3 aromatic carbocycles. The van der Waals surface area contributed by atoms with Crippen molar-refractivity contribution in [2.75, 3.05) is 0 Å². The summed E-state index contributed by atoms with van der Waals surface area (Å²) in [6, 6.07) is 27.8. The van der Waals surface area contributed by atoms with E-state index in [-0.39, 0.29) is 0 Å². The second kappa shape index (κ2) is 5.71. The molecule has 0 saturated heterocycles. The van der Waals surface area contributed by atoms with E-state index in [0.717, 1.165) is 17.6 Å². The van der Waals surface area contributed by atoms with Crippen LogP contribution in [0.25, 0.3) is 34.2 Å². The van der Waals surface area contributed by atoms with Crippen LogP contribution in [0.2, 0.25) is 0 Å². The molecule has 0 amide bonds. The summed E-state index contributed by atoms with van der Waals surface area (Å²) in [6.07, 6.45) is 5.28. The Morgan fingerprint density at radius 1 is 0.680 bits per heavy atom. The van der Waals surface area contributed by atoms with Gasteiger partial charge in [-0.25, -0.2) is 4.98 Å². The number of rotatable bonds is 2. The van der Waals surface area contributed by atoms with Crippen LogP contribution in [0.15, 0.2) is 78.9 Å². The van der Waals surface area contributed by atoms with E-state index < -0.39 is 0 Å². The molecule has 1 nitrogen and oxygen atoms in total. The summed E-state index contributed by atoms with van der Waals surface area (Å²) in [5, 5.41) is 1.18. The van der Waals surface area contributed by atoms with Gasteiger partial charge in [0.25, 0.3) is 0 Å². The lowest BCUT2D eigenvalue weighted by atomic mass is 10.0. The van der Waals surface area contributed by atoms with Gasteiger partial charge in [0.15, 0.2) is 0 Å². The molecule has 0 atom stereocenters. The first kappa shape index (κ1) is 14.2. The molecule has 0 unspecified atom stereocenters. The van der Waals surface area contributed by atoms with Crippen molar-refractivity contribution in [3.8, 4) is 11.1 Å². The average Bonchev–Trinajstić information content (AvgIpc) is 3.04. The van der Waals surface area contributed by atoms with E-state index in [1.807, 2.05) is 12.1 Å². The van der Waals surface area contributed by atoms with Gasteiger partial charge in [0.2, 0.25) is 0 Å². The Morgan fingerprint density at radius 2 is 1.52 bits per heavy atom. The summed E-state index contributed by atoms with van der Waals surface area (Å²) in [6.45, 7) is 0. The van der Waals surface area contributed by atoms with E-state index in [9.17, 15) is 0 Å². The van der Waals surface area contributed by atoms with Gasteiger partial charge in [0, 0.05) is 5.39 Å². The molecule has 0 saturated carbocycles. The Balaban J connectivity index is 1.46. The molecule has 0 spiro atoms. The number of pyridine rings is 1. The maximum Gasteiger partial charge on any atom is 0.0709 e. The molecule has 1 heterocycles. The Bertz CT molecular complexity index is 1120. The third-order valence-electron chi connectivity index (χ3n) is 4.88. The first-order valence-electron chi connectivity index (χ1n) is 8.62. The zero-order valence-electron chi connectivity index (χ0n) is 13.8. The largest absolute Gasteiger partial charge is 0.248 e. The van der Waals surface area contributed by atoms with Crippen molar-refractivity contribution >= 4 is 23.1 Å². The minimum atomic E-state index is 0.988. The molecule has 1 aliphatic carbocycles. The van der Waals surface area contributed by atoms with Crippen molar-refractivity contribution < 1.29 is 0 Å². The molecule has 118 valence electrons. The topological polar surface area (TPSA) is 12.9 Å². The molecule has 0 aliphatic heterocycles. The highest BCUT2D eigenvalue weighted by Gasteiger charge is 2.17. The minimum Gasteiger partial charge on any atom is -0.248 e. The van der Waals surface area contributed by atoms with Gasteiger partial charge in [-0.2, -0.15) is 0 Å². The van der Waals surface area contributed by atoms with E-state index >= 15 is 0 Å². The number of benzene rings is 3. The van der Waals surface area contributed by atoms with Crippen LogP contribution in [0, 0.1) is 0 Å². The van der Waals surface area contributed by atoms with Gasteiger partial charge in [-0.15, -0.1) is 0 Å². The summed E-state index contributed by atoms with van der Waals surface area (Å²) < 4.78 is 0. The fourth-order valence-corrected chi connectivity index (χ4v) is 3.62. The Kier molecular flexibility index (Phi) is 3.24. The lowest BCUT2D eigenvalue weighted by Gasteiger charge is -2.02. The van der Waals surface area contributed by atoms with Crippen LogP contribution in [-0.2, 0) is 6.42 Å². The second-order valence-corrected chi connectivity index (χ2v) is 6.51. The molecular weight excluding hydrogens is 302 g/mol. The van der Waals surface area contributed by atoms with Crippen LogP contribution in [0.1, 0.15) is 22.4 Å². The van der Waals surface area contributed by atoms with Crippen LogP contribution in [-0.4, -0.2) is 4.98 Å². The quantitative estimate of drug-likeness (QED) is 0.390. The smallest absolute Gasteiger partial charge is 0.0709 e. The van der Waals surface area contributed by atoms with Gasteiger partial charge in [-0.1, -0.05) is 72.8 Å². The lowest BCUT2D eigenvalue weighted by molar-refractivity contribution is 1.26. The normalized spacial score (nSPS) is 12.5. The van der Waals surface area contributed by atoms with Gasteiger partial charge >= 0.3 is 0 Å². The molecule has 1 aliphatic rings. The van der Waals surface area contributed by atoms with E-state index in [1.54, 1.807) is 0 Å². The Hall–Kier alpha value is -3.19. The molecule has 0 radical (unpaired) electrons. The molecule has 4 aromatic rings. The number of hydrogen-bond acceptors (Lipinski definition) is 1. The number of fused-ring (bicyclic) bond motifs is 4. The van der Waals surface area contributed by atoms with Crippen LogP contribution < -0.4 is 0 Å². The van der Waals surface area contributed by atoms with Gasteiger partial charge in [0.1, 0.15) is 0 Å². The molecule has 1 heteroatoms. The van der Waals surface area contributed by atoms with Crippen molar-refractivity contribution in [2.45, 2.75) is 6.42 Å². The minimum absolute atomic E-state index is 0.988. The Morgan fingerprint density at radius 3 is 2.52 bits per heavy atom. The maximum absolute atomic E-state index is 4.71. The molecule has 0 bridgehead atoms. The predicted octanol–water partition coefficient (Wildman–Crippen LogP) is 5.98. The standard InChI is InChI=1S/C24H17N/c1-3-7-22-19(6-1)16-20-15-17(10-14-23(20)22)9-12-21-13-11-18-5-2-4-8-24(18)25-21/h1-15H,16H2/b12-9+. The number of hydrogen-bond donors (Lipinski definition) is 0. The average molecular weight is 319 g/mol. The molecular formula is C24H17N. The summed E-state index contributed by atoms with van der Waals surface area (Å²) in [5.41, 5.74) is 8.84. The van der Waals surface area contributed by atoms with Crippen molar-refractivity contribution in [2.24, 2.45) is 0 Å². The first-order chi connectivity index (χ1) is 12.4. The zero-order chi connectivity index (χ0) is 16.6. The SMILES string of the molecule is C(=C\c1ccc2ccccc2n1)/c1ccc2c(c1)Cc1ccccc1-2. The highest BCUT2D eigenvalue weighted by Crippen LogP contribution is 2.36. The van der Waals surface area contributed by atoms with Crippen molar-refractivity contribution in [1.82, 2.24) is 4.98 Å². The molecule has 0 N–H and O–H groups in total. The molecule has 0 fully saturated rings. The third-order valence-corrected chi connectivity index (χ3v) is 4.88. The summed E-state index contributed by atoms with van der Waals surface area (Å²) in [7, 11) is 0. The highest BCUT2D eigenvalue weighted by atomic mass is 14.7. The summed E-state index contributed by atoms with van der Waals surface area (Å²) in [4.78, 5) is 4.71. The maximum atomic E-state index is 4.71. The first-order valence-corrected chi connectivity index (χ1v) is 8.62. The second-order valence-electron chi connectivity index (χ2n) is 6.51. The van der Waals surface area contributed by atoms with Crippen LogP contribution in [0.5, 0.6) is 0 Å². The zero-order valence-corrected chi connectivity index (χ0v) is 13.8. The van der Waals surface area contributed by atoms with E-state index in [2.05, 4.69) is 78.9 Å². The van der Waals surface area contributed by atoms with Crippen LogP contribution >= 0.6 is 0 Å². The summed E-state index contributed by atoms with van der Waals surface area (Å²) in [5.74, 6) is 0. The highest BCUT2D eigenvalue weighted by molar-refractivity contribution is 5.82. The van der Waals surface area contributed by atoms with Gasteiger partial charge < -0.3 is 0 Å². The fourth-order valence-electron chi connectivity index (χ4n) is 3.62. The monoisotopic (exact) mass is 319 g/mol. The van der Waals surface area contributed by atoms with Gasteiger partial charge in [0.05, 0.1) is 11.2 Å². The van der Waals surface area contributed by atoms with E-state index in [1.165, 1.54) is 33.2 Å². The van der Waals surface area contributed by atoms with E-state index in [4.69, 9.17) is 4.98 Å². The third kappa shape index (κ3) is 2.54. The van der Waals surface area contributed by atoms with E-state index in [0.29, 0.717) is 0 Å². The van der Waals surface area contributed by atoms with Crippen molar-refractivity contribution in [3.63, 3.8) is 0 Å². The fraction of sp³-hybridized carbons (Fsp3) is 0.0417. The van der Waals surface area contributed by atoms with Gasteiger partial charge in [-0.3, -0.25) is 0 Å². The predicted molar refractivity (Wildman–Crippen MR) is 105 cm³/mol. The molecule has 25 heavy (non-hydrogen) atoms. The molecule has 1 aromatic heterocycles. The number of aromatic nitrogens is 1. The van der Waals surface area contributed by atoms with Crippen LogP contribution in [0.4, 0.5) is 0 Å². The lowest BCUT2D eigenvalue weighted by Crippen LogP contribution is -1.84. The van der Waals surface area contributed by atoms with Crippen molar-refractivity contribution in [3.05, 3.63) is 101 Å². The van der Waals surface area contributed by atoms with Crippen LogP contribution in [0.3, 0.4) is 0 Å². The number of nitrogens with zero attached hydrogens (tertiary/aromatic N) is 1. The molecule has 5 rings (SSSR count).